The van der Waals surface area contributed by atoms with Crippen molar-refractivity contribution in [2.45, 2.75) is 0 Å². The number of thiophene rings is 1. The van der Waals surface area contributed by atoms with Crippen LogP contribution in [0.1, 0.15) is 0 Å². The second-order valence-electron chi connectivity index (χ2n) is 4.33. The molecule has 0 saturated heterocycles. The molecule has 106 valence electrons. The Bertz CT molecular complexity index is 786. The molecule has 1 aliphatic heterocycles. The van der Waals surface area contributed by atoms with Crippen LogP contribution in [0.3, 0.4) is 0 Å². The highest BCUT2D eigenvalue weighted by atomic mass is 79.9. The summed E-state index contributed by atoms with van der Waals surface area (Å²) in [5.41, 5.74) is 1.99. The van der Waals surface area contributed by atoms with E-state index in [0.29, 0.717) is 13.2 Å². The Labute approximate surface area is 137 Å². The van der Waals surface area contributed by atoms with Crippen molar-refractivity contribution in [3.05, 3.63) is 33.7 Å². The third kappa shape index (κ3) is 2.35. The van der Waals surface area contributed by atoms with Crippen LogP contribution in [0, 0.1) is 0 Å². The Morgan fingerprint density at radius 2 is 1.86 bits per heavy atom. The molecule has 0 atom stereocenters. The molecule has 0 N–H and O–H groups in total. The molecule has 0 saturated carbocycles. The van der Waals surface area contributed by atoms with E-state index in [1.54, 1.807) is 35.1 Å². The first kappa shape index (κ1) is 13.2. The summed E-state index contributed by atoms with van der Waals surface area (Å²) < 4.78 is 12.4. The lowest BCUT2D eigenvalue weighted by molar-refractivity contribution is 0.173. The number of nitrogens with zero attached hydrogens (tertiary/aromatic N) is 2. The summed E-state index contributed by atoms with van der Waals surface area (Å²) in [6.07, 6.45) is 3.55. The van der Waals surface area contributed by atoms with E-state index in [2.05, 4.69) is 20.9 Å². The molecule has 0 amide bonds. The van der Waals surface area contributed by atoms with Crippen molar-refractivity contribution in [1.29, 1.82) is 0 Å². The summed E-state index contributed by atoms with van der Waals surface area (Å²) in [6, 6.07) is 3.92. The Morgan fingerprint density at radius 1 is 1.10 bits per heavy atom. The summed E-state index contributed by atoms with van der Waals surface area (Å²) in [5, 5.41) is 3.02. The SMILES string of the molecule is Brc1sc(-c2csc(-c3ccncc3)n2)c2c1OCCO2. The van der Waals surface area contributed by atoms with Crippen LogP contribution in [0.25, 0.3) is 21.1 Å². The molecule has 7 heteroatoms. The lowest BCUT2D eigenvalue weighted by Gasteiger charge is -2.15. The van der Waals surface area contributed by atoms with Crippen molar-refractivity contribution in [2.24, 2.45) is 0 Å². The molecule has 3 aromatic rings. The van der Waals surface area contributed by atoms with Crippen LogP contribution in [-0.2, 0) is 0 Å². The first-order valence-corrected chi connectivity index (χ1v) is 8.76. The summed E-state index contributed by atoms with van der Waals surface area (Å²) >= 11 is 6.74. The number of hydrogen-bond acceptors (Lipinski definition) is 6. The van der Waals surface area contributed by atoms with Crippen LogP contribution in [0.15, 0.2) is 33.7 Å². The maximum absolute atomic E-state index is 5.75. The number of fused-ring (bicyclic) bond motifs is 1. The maximum Gasteiger partial charge on any atom is 0.187 e. The largest absolute Gasteiger partial charge is 0.484 e. The molecule has 1 aliphatic rings. The van der Waals surface area contributed by atoms with Gasteiger partial charge in [0, 0.05) is 23.3 Å². The molecular formula is C14H9BrN2O2S2. The Kier molecular flexibility index (Phi) is 3.40. The highest BCUT2D eigenvalue weighted by molar-refractivity contribution is 9.11. The van der Waals surface area contributed by atoms with E-state index in [9.17, 15) is 0 Å². The zero-order valence-corrected chi connectivity index (χ0v) is 13.9. The van der Waals surface area contributed by atoms with Crippen LogP contribution in [0.5, 0.6) is 11.5 Å². The van der Waals surface area contributed by atoms with Crippen LogP contribution < -0.4 is 9.47 Å². The molecule has 0 aliphatic carbocycles. The van der Waals surface area contributed by atoms with Crippen molar-refractivity contribution >= 4 is 38.6 Å². The first-order chi connectivity index (χ1) is 10.3. The number of thiazole rings is 1. The van der Waals surface area contributed by atoms with E-state index >= 15 is 0 Å². The molecular weight excluding hydrogens is 372 g/mol. The molecule has 3 aromatic heterocycles. The van der Waals surface area contributed by atoms with Gasteiger partial charge < -0.3 is 9.47 Å². The molecule has 4 heterocycles. The standard InChI is InChI=1S/C14H9BrN2O2S2/c15-13-11-10(18-5-6-19-11)12(21-13)9-7-20-14(17-9)8-1-3-16-4-2-8/h1-4,7H,5-6H2. The van der Waals surface area contributed by atoms with Gasteiger partial charge in [-0.05, 0) is 28.1 Å². The zero-order chi connectivity index (χ0) is 14.2. The highest BCUT2D eigenvalue weighted by Gasteiger charge is 2.25. The Balaban J connectivity index is 1.77. The number of hydrogen-bond donors (Lipinski definition) is 0. The Morgan fingerprint density at radius 3 is 2.67 bits per heavy atom. The average Bonchev–Trinajstić information content (AvgIpc) is 3.14. The third-order valence-electron chi connectivity index (χ3n) is 3.02. The van der Waals surface area contributed by atoms with Crippen LogP contribution in [0.4, 0.5) is 0 Å². The maximum atomic E-state index is 5.75. The third-order valence-corrected chi connectivity index (χ3v) is 5.72. The van der Waals surface area contributed by atoms with E-state index in [0.717, 1.165) is 36.4 Å². The smallest absolute Gasteiger partial charge is 0.187 e. The van der Waals surface area contributed by atoms with Gasteiger partial charge in [0.05, 0.1) is 5.69 Å². The molecule has 0 bridgehead atoms. The van der Waals surface area contributed by atoms with Crippen molar-refractivity contribution < 1.29 is 9.47 Å². The van der Waals surface area contributed by atoms with Gasteiger partial charge in [-0.15, -0.1) is 22.7 Å². The van der Waals surface area contributed by atoms with Gasteiger partial charge in [0.15, 0.2) is 11.5 Å². The van der Waals surface area contributed by atoms with Crippen molar-refractivity contribution in [3.63, 3.8) is 0 Å². The van der Waals surface area contributed by atoms with Gasteiger partial charge in [-0.25, -0.2) is 4.98 Å². The second kappa shape index (κ2) is 5.40. The Hall–Kier alpha value is -1.44. The van der Waals surface area contributed by atoms with E-state index in [4.69, 9.17) is 14.5 Å². The predicted molar refractivity (Wildman–Crippen MR) is 87.3 cm³/mol. The van der Waals surface area contributed by atoms with Gasteiger partial charge in [-0.2, -0.15) is 0 Å². The van der Waals surface area contributed by atoms with Gasteiger partial charge >= 0.3 is 0 Å². The molecule has 0 radical (unpaired) electrons. The van der Waals surface area contributed by atoms with Gasteiger partial charge in [0.25, 0.3) is 0 Å². The lowest BCUT2D eigenvalue weighted by Crippen LogP contribution is -2.14. The average molecular weight is 381 g/mol. The van der Waals surface area contributed by atoms with Crippen molar-refractivity contribution in [1.82, 2.24) is 9.97 Å². The van der Waals surface area contributed by atoms with Gasteiger partial charge in [-0.3, -0.25) is 4.98 Å². The summed E-state index contributed by atoms with van der Waals surface area (Å²) in [5.74, 6) is 1.59. The highest BCUT2D eigenvalue weighted by Crippen LogP contribution is 2.52. The lowest BCUT2D eigenvalue weighted by atomic mass is 10.3. The molecule has 4 rings (SSSR count). The molecule has 21 heavy (non-hydrogen) atoms. The topological polar surface area (TPSA) is 44.2 Å². The summed E-state index contributed by atoms with van der Waals surface area (Å²) in [4.78, 5) is 9.76. The number of halogens is 1. The van der Waals surface area contributed by atoms with Gasteiger partial charge in [0.2, 0.25) is 0 Å². The molecule has 0 spiro atoms. The molecule has 4 nitrogen and oxygen atoms in total. The second-order valence-corrected chi connectivity index (χ2v) is 7.53. The quantitative estimate of drug-likeness (QED) is 0.657. The van der Waals surface area contributed by atoms with Crippen LogP contribution in [0.2, 0.25) is 0 Å². The van der Waals surface area contributed by atoms with E-state index in [-0.39, 0.29) is 0 Å². The van der Waals surface area contributed by atoms with E-state index in [1.165, 1.54) is 0 Å². The summed E-state index contributed by atoms with van der Waals surface area (Å²) in [6.45, 7) is 1.16. The van der Waals surface area contributed by atoms with Crippen molar-refractivity contribution in [3.8, 4) is 32.6 Å². The minimum Gasteiger partial charge on any atom is -0.484 e. The fourth-order valence-electron chi connectivity index (χ4n) is 2.09. The monoisotopic (exact) mass is 380 g/mol. The molecule has 0 unspecified atom stereocenters. The van der Waals surface area contributed by atoms with Gasteiger partial charge in [0.1, 0.15) is 26.9 Å². The number of rotatable bonds is 2. The number of pyridine rings is 1. The van der Waals surface area contributed by atoms with E-state index in [1.807, 2.05) is 17.5 Å². The first-order valence-electron chi connectivity index (χ1n) is 6.27. The molecule has 0 fully saturated rings. The fraction of sp³-hybridized carbons (Fsp3) is 0.143. The van der Waals surface area contributed by atoms with Gasteiger partial charge in [-0.1, -0.05) is 0 Å². The van der Waals surface area contributed by atoms with Crippen molar-refractivity contribution in [2.75, 3.05) is 13.2 Å². The number of aromatic nitrogens is 2. The van der Waals surface area contributed by atoms with Crippen LogP contribution in [-0.4, -0.2) is 23.2 Å². The minimum atomic E-state index is 0.574. The predicted octanol–water partition coefficient (Wildman–Crippen LogP) is 4.47. The zero-order valence-electron chi connectivity index (χ0n) is 10.7. The van der Waals surface area contributed by atoms with Crippen LogP contribution >= 0.6 is 38.6 Å². The normalized spacial score (nSPS) is 13.4. The minimum absolute atomic E-state index is 0.574. The summed E-state index contributed by atoms with van der Waals surface area (Å²) in [7, 11) is 0. The fourth-order valence-corrected chi connectivity index (χ4v) is 4.64. The number of ether oxygens (including phenoxy) is 2. The van der Waals surface area contributed by atoms with E-state index < -0.39 is 0 Å². The molecule has 0 aromatic carbocycles.